The molecule has 0 amide bonds. The lowest BCUT2D eigenvalue weighted by atomic mass is 10.1. The number of benzene rings is 1. The van der Waals surface area contributed by atoms with Gasteiger partial charge in [0.15, 0.2) is 0 Å². The highest BCUT2D eigenvalue weighted by atomic mass is 35.5. The highest BCUT2D eigenvalue weighted by Gasteiger charge is 2.07. The van der Waals surface area contributed by atoms with Crippen LogP contribution in [0, 0.1) is 11.8 Å². The van der Waals surface area contributed by atoms with Crippen LogP contribution < -0.4 is 5.32 Å². The zero-order valence-electron chi connectivity index (χ0n) is 8.17. The zero-order valence-corrected chi connectivity index (χ0v) is 8.93. The predicted molar refractivity (Wildman–Crippen MR) is 59.2 cm³/mol. The molecule has 0 heterocycles. The maximum atomic E-state index is 10.8. The van der Waals surface area contributed by atoms with Gasteiger partial charge in [0.05, 0.1) is 12.1 Å². The van der Waals surface area contributed by atoms with Gasteiger partial charge >= 0.3 is 5.97 Å². The molecule has 0 saturated carbocycles. The first-order valence-electron chi connectivity index (χ1n) is 4.31. The largest absolute Gasteiger partial charge is 0.478 e. The van der Waals surface area contributed by atoms with Gasteiger partial charge in [-0.15, -0.1) is 0 Å². The van der Waals surface area contributed by atoms with Crippen molar-refractivity contribution in [3.63, 3.8) is 0 Å². The van der Waals surface area contributed by atoms with E-state index in [-0.39, 0.29) is 5.56 Å². The van der Waals surface area contributed by atoms with Crippen molar-refractivity contribution in [3.8, 4) is 11.8 Å². The molecule has 78 valence electrons. The third-order valence-corrected chi connectivity index (χ3v) is 1.94. The molecule has 0 saturated heterocycles. The van der Waals surface area contributed by atoms with Crippen molar-refractivity contribution in [1.29, 1.82) is 0 Å². The van der Waals surface area contributed by atoms with E-state index in [2.05, 4.69) is 17.2 Å². The predicted octanol–water partition coefficient (Wildman–Crippen LogP) is 1.61. The third-order valence-electron chi connectivity index (χ3n) is 1.70. The number of aromatic carboxylic acids is 1. The SMILES string of the molecule is CNCC#Cc1cc(Cl)ccc1C(=O)O. The van der Waals surface area contributed by atoms with Crippen molar-refractivity contribution in [2.75, 3.05) is 13.6 Å². The van der Waals surface area contributed by atoms with Gasteiger partial charge in [-0.1, -0.05) is 23.4 Å². The topological polar surface area (TPSA) is 49.3 Å². The molecule has 0 aromatic heterocycles. The minimum Gasteiger partial charge on any atom is -0.478 e. The summed E-state index contributed by atoms with van der Waals surface area (Å²) < 4.78 is 0. The van der Waals surface area contributed by atoms with Gasteiger partial charge in [-0.25, -0.2) is 4.79 Å². The monoisotopic (exact) mass is 223 g/mol. The Bertz CT molecular complexity index is 432. The molecule has 0 atom stereocenters. The number of rotatable bonds is 2. The highest BCUT2D eigenvalue weighted by molar-refractivity contribution is 6.30. The number of carboxylic acids is 1. The lowest BCUT2D eigenvalue weighted by Crippen LogP contribution is -2.05. The van der Waals surface area contributed by atoms with E-state index >= 15 is 0 Å². The summed E-state index contributed by atoms with van der Waals surface area (Å²) in [5.41, 5.74) is 0.605. The average molecular weight is 224 g/mol. The van der Waals surface area contributed by atoms with Crippen LogP contribution in [-0.4, -0.2) is 24.7 Å². The minimum absolute atomic E-state index is 0.169. The molecule has 0 radical (unpaired) electrons. The molecule has 0 fully saturated rings. The van der Waals surface area contributed by atoms with Crippen LogP contribution in [0.5, 0.6) is 0 Å². The Hall–Kier alpha value is -1.50. The molecule has 3 nitrogen and oxygen atoms in total. The fourth-order valence-corrected chi connectivity index (χ4v) is 1.21. The number of halogens is 1. The molecule has 0 aliphatic carbocycles. The Labute approximate surface area is 93.1 Å². The van der Waals surface area contributed by atoms with E-state index in [0.717, 1.165) is 0 Å². The van der Waals surface area contributed by atoms with Gasteiger partial charge in [0.1, 0.15) is 0 Å². The molecule has 1 aromatic rings. The Morgan fingerprint density at radius 3 is 2.93 bits per heavy atom. The van der Waals surface area contributed by atoms with Gasteiger partial charge in [-0.3, -0.25) is 0 Å². The van der Waals surface area contributed by atoms with E-state index in [1.807, 2.05) is 0 Å². The Kier molecular flexibility index (Phi) is 4.17. The smallest absolute Gasteiger partial charge is 0.336 e. The molecule has 0 bridgehead atoms. The van der Waals surface area contributed by atoms with Crippen LogP contribution in [-0.2, 0) is 0 Å². The van der Waals surface area contributed by atoms with Gasteiger partial charge in [-0.05, 0) is 25.2 Å². The summed E-state index contributed by atoms with van der Waals surface area (Å²) in [6.45, 7) is 0.506. The highest BCUT2D eigenvalue weighted by Crippen LogP contribution is 2.15. The summed E-state index contributed by atoms with van der Waals surface area (Å²) >= 11 is 5.76. The number of hydrogen-bond acceptors (Lipinski definition) is 2. The zero-order chi connectivity index (χ0) is 11.3. The number of carboxylic acid groups (broad SMARTS) is 1. The van der Waals surface area contributed by atoms with Gasteiger partial charge in [0.2, 0.25) is 0 Å². The quantitative estimate of drug-likeness (QED) is 0.749. The number of nitrogens with one attached hydrogen (secondary N) is 1. The first kappa shape index (κ1) is 11.6. The molecule has 0 aliphatic heterocycles. The number of hydrogen-bond donors (Lipinski definition) is 2. The fourth-order valence-electron chi connectivity index (χ4n) is 1.03. The van der Waals surface area contributed by atoms with Gasteiger partial charge in [0, 0.05) is 10.6 Å². The summed E-state index contributed by atoms with van der Waals surface area (Å²) in [6.07, 6.45) is 0. The average Bonchev–Trinajstić information content (AvgIpc) is 2.18. The Morgan fingerprint density at radius 1 is 1.60 bits per heavy atom. The van der Waals surface area contributed by atoms with E-state index in [1.54, 1.807) is 13.1 Å². The normalized spacial score (nSPS) is 9.20. The van der Waals surface area contributed by atoms with Gasteiger partial charge in [0.25, 0.3) is 0 Å². The molecule has 0 aliphatic rings. The summed E-state index contributed by atoms with van der Waals surface area (Å²) in [4.78, 5) is 10.8. The minimum atomic E-state index is -1.000. The lowest BCUT2D eigenvalue weighted by molar-refractivity contribution is 0.0696. The summed E-state index contributed by atoms with van der Waals surface area (Å²) in [5, 5.41) is 12.2. The van der Waals surface area contributed by atoms with Crippen LogP contribution in [0.2, 0.25) is 5.02 Å². The Balaban J connectivity index is 3.09. The second-order valence-corrected chi connectivity index (χ2v) is 3.26. The van der Waals surface area contributed by atoms with Crippen LogP contribution in [0.15, 0.2) is 18.2 Å². The van der Waals surface area contributed by atoms with Crippen LogP contribution in [0.25, 0.3) is 0 Å². The molecule has 0 spiro atoms. The Morgan fingerprint density at radius 2 is 2.33 bits per heavy atom. The lowest BCUT2D eigenvalue weighted by Gasteiger charge is -1.99. The van der Waals surface area contributed by atoms with E-state index in [9.17, 15) is 4.79 Å². The van der Waals surface area contributed by atoms with E-state index in [4.69, 9.17) is 16.7 Å². The first-order valence-corrected chi connectivity index (χ1v) is 4.69. The standard InChI is InChI=1S/C11H10ClNO2/c1-13-6-2-3-8-7-9(12)4-5-10(8)11(14)15/h4-5,7,13H,6H2,1H3,(H,14,15). The van der Waals surface area contributed by atoms with Crippen molar-refractivity contribution in [1.82, 2.24) is 5.32 Å². The fraction of sp³-hybridized carbons (Fsp3) is 0.182. The van der Waals surface area contributed by atoms with Crippen LogP contribution in [0.4, 0.5) is 0 Å². The van der Waals surface area contributed by atoms with Gasteiger partial charge in [-0.2, -0.15) is 0 Å². The molecular weight excluding hydrogens is 214 g/mol. The molecule has 1 rings (SSSR count). The van der Waals surface area contributed by atoms with Crippen molar-refractivity contribution in [2.24, 2.45) is 0 Å². The molecule has 1 aromatic carbocycles. The van der Waals surface area contributed by atoms with Crippen molar-refractivity contribution in [3.05, 3.63) is 34.3 Å². The maximum absolute atomic E-state index is 10.8. The second kappa shape index (κ2) is 5.40. The number of carbonyl (C=O) groups is 1. The van der Waals surface area contributed by atoms with Crippen LogP contribution >= 0.6 is 11.6 Å². The van der Waals surface area contributed by atoms with Crippen LogP contribution in [0.3, 0.4) is 0 Å². The van der Waals surface area contributed by atoms with E-state index < -0.39 is 5.97 Å². The molecule has 15 heavy (non-hydrogen) atoms. The first-order chi connectivity index (χ1) is 7.15. The van der Waals surface area contributed by atoms with Crippen molar-refractivity contribution in [2.45, 2.75) is 0 Å². The van der Waals surface area contributed by atoms with Crippen molar-refractivity contribution < 1.29 is 9.90 Å². The summed E-state index contributed by atoms with van der Waals surface area (Å²) in [6, 6.07) is 4.54. The van der Waals surface area contributed by atoms with Crippen LogP contribution in [0.1, 0.15) is 15.9 Å². The summed E-state index contributed by atoms with van der Waals surface area (Å²) in [5.74, 6) is 4.55. The summed E-state index contributed by atoms with van der Waals surface area (Å²) in [7, 11) is 1.77. The third kappa shape index (κ3) is 3.28. The molecular formula is C11H10ClNO2. The molecule has 4 heteroatoms. The van der Waals surface area contributed by atoms with Gasteiger partial charge < -0.3 is 10.4 Å². The van der Waals surface area contributed by atoms with Crippen molar-refractivity contribution >= 4 is 17.6 Å². The second-order valence-electron chi connectivity index (χ2n) is 2.83. The maximum Gasteiger partial charge on any atom is 0.336 e. The molecule has 0 unspecified atom stereocenters. The molecule has 2 N–H and O–H groups in total. The van der Waals surface area contributed by atoms with E-state index in [0.29, 0.717) is 17.1 Å². The van der Waals surface area contributed by atoms with E-state index in [1.165, 1.54) is 12.1 Å².